The third kappa shape index (κ3) is 3.51. The van der Waals surface area contributed by atoms with Gasteiger partial charge in [0, 0.05) is 29.6 Å². The minimum atomic E-state index is -0.459. The summed E-state index contributed by atoms with van der Waals surface area (Å²) in [5, 5.41) is 7.37. The molecule has 9 heteroatoms. The van der Waals surface area contributed by atoms with Gasteiger partial charge in [-0.1, -0.05) is 0 Å². The number of hydrogen-bond acceptors (Lipinski definition) is 6. The van der Waals surface area contributed by atoms with Crippen LogP contribution >= 0.6 is 11.3 Å². The Balaban J connectivity index is 1.55. The Morgan fingerprint density at radius 1 is 1.33 bits per heavy atom. The smallest absolute Gasteiger partial charge is 0.329 e. The molecule has 0 bridgehead atoms. The van der Waals surface area contributed by atoms with Crippen LogP contribution in [0.15, 0.2) is 29.6 Å². The van der Waals surface area contributed by atoms with Gasteiger partial charge in [-0.2, -0.15) is 0 Å². The van der Waals surface area contributed by atoms with E-state index in [-0.39, 0.29) is 18.4 Å². The highest BCUT2D eigenvalue weighted by molar-refractivity contribution is 7.13. The van der Waals surface area contributed by atoms with Gasteiger partial charge in [0.05, 0.1) is 5.69 Å². The summed E-state index contributed by atoms with van der Waals surface area (Å²) in [6.45, 7) is 0.438. The summed E-state index contributed by atoms with van der Waals surface area (Å²) < 4.78 is 0. The summed E-state index contributed by atoms with van der Waals surface area (Å²) >= 11 is 1.37. The fourth-order valence-corrected chi connectivity index (χ4v) is 2.88. The van der Waals surface area contributed by atoms with Gasteiger partial charge in [0.25, 0.3) is 5.91 Å². The van der Waals surface area contributed by atoms with Gasteiger partial charge in [-0.05, 0) is 24.3 Å². The van der Waals surface area contributed by atoms with Crippen LogP contribution in [0, 0.1) is 0 Å². The largest absolute Gasteiger partial charge is 0.375 e. The molecule has 1 aliphatic heterocycles. The minimum absolute atomic E-state index is 0.0127. The zero-order chi connectivity index (χ0) is 17.1. The molecular weight excluding hydrogens is 330 g/mol. The second-order valence-electron chi connectivity index (χ2n) is 5.17. The summed E-state index contributed by atoms with van der Waals surface area (Å²) in [7, 11) is 0. The van der Waals surface area contributed by atoms with Crippen molar-refractivity contribution in [3.63, 3.8) is 0 Å². The average Bonchev–Trinajstić information content (AvgIpc) is 3.12. The van der Waals surface area contributed by atoms with Crippen LogP contribution < -0.4 is 21.3 Å². The average molecular weight is 345 g/mol. The predicted octanol–water partition coefficient (Wildman–Crippen LogP) is 0.754. The number of rotatable bonds is 5. The van der Waals surface area contributed by atoms with Crippen LogP contribution in [0.1, 0.15) is 16.1 Å². The summed E-state index contributed by atoms with van der Waals surface area (Å²) in [4.78, 5) is 40.3. The Hall–Kier alpha value is -2.94. The lowest BCUT2D eigenvalue weighted by Gasteiger charge is -2.13. The molecule has 0 radical (unpaired) electrons. The Morgan fingerprint density at radius 3 is 2.67 bits per heavy atom. The van der Waals surface area contributed by atoms with Gasteiger partial charge in [-0.25, -0.2) is 9.78 Å². The van der Waals surface area contributed by atoms with Gasteiger partial charge in [0.1, 0.15) is 6.54 Å². The number of carbonyl (C=O) groups excluding carboxylic acids is 3. The fraction of sp³-hybridized carbons (Fsp3) is 0.200. The Kier molecular flexibility index (Phi) is 4.43. The molecule has 0 aliphatic carbocycles. The molecule has 1 fully saturated rings. The van der Waals surface area contributed by atoms with Gasteiger partial charge >= 0.3 is 6.03 Å². The monoisotopic (exact) mass is 345 g/mol. The van der Waals surface area contributed by atoms with E-state index in [0.29, 0.717) is 29.3 Å². The number of imide groups is 1. The first-order valence-corrected chi connectivity index (χ1v) is 8.10. The van der Waals surface area contributed by atoms with Crippen LogP contribution in [-0.4, -0.2) is 35.9 Å². The minimum Gasteiger partial charge on any atom is -0.375 e. The van der Waals surface area contributed by atoms with E-state index >= 15 is 0 Å². The number of thiazole rings is 1. The molecule has 4 amide bonds. The lowest BCUT2D eigenvalue weighted by molar-refractivity contribution is -0.117. The van der Waals surface area contributed by atoms with E-state index < -0.39 is 6.03 Å². The highest BCUT2D eigenvalue weighted by Crippen LogP contribution is 2.17. The molecule has 3 rings (SSSR count). The van der Waals surface area contributed by atoms with Crippen LogP contribution in [0.4, 0.5) is 15.6 Å². The van der Waals surface area contributed by atoms with Crippen LogP contribution in [0.3, 0.4) is 0 Å². The molecule has 1 aliphatic rings. The summed E-state index contributed by atoms with van der Waals surface area (Å²) in [5.74, 6) is -0.559. The zero-order valence-corrected chi connectivity index (χ0v) is 13.4. The van der Waals surface area contributed by atoms with Crippen molar-refractivity contribution in [2.75, 3.05) is 23.7 Å². The van der Waals surface area contributed by atoms with Gasteiger partial charge < -0.3 is 11.1 Å². The van der Waals surface area contributed by atoms with Crippen LogP contribution in [-0.2, 0) is 11.2 Å². The van der Waals surface area contributed by atoms with Crippen molar-refractivity contribution >= 4 is 40.0 Å². The van der Waals surface area contributed by atoms with Gasteiger partial charge in [-0.15, -0.1) is 11.3 Å². The number of nitrogen functional groups attached to an aromatic ring is 1. The third-order valence-electron chi connectivity index (χ3n) is 3.47. The molecule has 1 saturated heterocycles. The molecule has 0 saturated carbocycles. The van der Waals surface area contributed by atoms with E-state index in [1.807, 2.05) is 5.38 Å². The molecular formula is C15H15N5O3S. The van der Waals surface area contributed by atoms with Crippen molar-refractivity contribution in [3.8, 4) is 0 Å². The second-order valence-corrected chi connectivity index (χ2v) is 6.06. The molecule has 24 heavy (non-hydrogen) atoms. The van der Waals surface area contributed by atoms with E-state index in [1.54, 1.807) is 24.3 Å². The summed E-state index contributed by atoms with van der Waals surface area (Å²) in [5.41, 5.74) is 7.43. The molecule has 8 nitrogen and oxygen atoms in total. The molecule has 1 aromatic heterocycles. The van der Waals surface area contributed by atoms with Gasteiger partial charge in [0.15, 0.2) is 5.13 Å². The number of hydrogen-bond donors (Lipinski definition) is 3. The first-order chi connectivity index (χ1) is 11.5. The number of carbonyl (C=O) groups is 3. The third-order valence-corrected chi connectivity index (χ3v) is 4.19. The number of urea groups is 1. The van der Waals surface area contributed by atoms with Crippen molar-refractivity contribution in [3.05, 3.63) is 40.9 Å². The molecule has 0 unspecified atom stereocenters. The predicted molar refractivity (Wildman–Crippen MR) is 89.9 cm³/mol. The van der Waals surface area contributed by atoms with Crippen LogP contribution in [0.2, 0.25) is 0 Å². The Morgan fingerprint density at radius 2 is 2.08 bits per heavy atom. The van der Waals surface area contributed by atoms with E-state index in [0.717, 1.165) is 5.69 Å². The zero-order valence-electron chi connectivity index (χ0n) is 12.6. The summed E-state index contributed by atoms with van der Waals surface area (Å²) in [6.07, 6.45) is 0.605. The SMILES string of the molecule is Nc1nc(CCNC(=O)c2ccc(N3CC(=O)NC3=O)cc2)cs1. The van der Waals surface area contributed by atoms with Crippen molar-refractivity contribution in [1.82, 2.24) is 15.6 Å². The maximum absolute atomic E-state index is 12.1. The first kappa shape index (κ1) is 15.9. The number of benzene rings is 1. The maximum Gasteiger partial charge on any atom is 0.329 e. The normalized spacial score (nSPS) is 13.9. The van der Waals surface area contributed by atoms with Crippen LogP contribution in [0.25, 0.3) is 0 Å². The Labute approximate surface area is 141 Å². The molecule has 4 N–H and O–H groups in total. The quantitative estimate of drug-likeness (QED) is 0.691. The second kappa shape index (κ2) is 6.67. The van der Waals surface area contributed by atoms with Gasteiger partial charge in [-0.3, -0.25) is 19.8 Å². The number of amides is 4. The van der Waals surface area contributed by atoms with E-state index in [4.69, 9.17) is 5.73 Å². The molecule has 2 aromatic rings. The molecule has 0 atom stereocenters. The number of anilines is 2. The van der Waals surface area contributed by atoms with Crippen LogP contribution in [0.5, 0.6) is 0 Å². The standard InChI is InChI=1S/C15H15N5O3S/c16-14-18-10(8-24-14)5-6-17-13(22)9-1-3-11(4-2-9)20-7-12(21)19-15(20)23/h1-4,8H,5-7H2,(H2,16,18)(H,17,22)(H,19,21,23). The topological polar surface area (TPSA) is 117 Å². The van der Waals surface area contributed by atoms with E-state index in [2.05, 4.69) is 15.6 Å². The lowest BCUT2D eigenvalue weighted by atomic mass is 10.2. The number of nitrogens with two attached hydrogens (primary N) is 1. The first-order valence-electron chi connectivity index (χ1n) is 7.22. The molecule has 0 spiro atoms. The maximum atomic E-state index is 12.1. The molecule has 2 heterocycles. The lowest BCUT2D eigenvalue weighted by Crippen LogP contribution is -2.28. The van der Waals surface area contributed by atoms with Gasteiger partial charge in [0.2, 0.25) is 5.91 Å². The van der Waals surface area contributed by atoms with Crippen molar-refractivity contribution in [2.45, 2.75) is 6.42 Å². The number of nitrogens with zero attached hydrogens (tertiary/aromatic N) is 2. The summed E-state index contributed by atoms with van der Waals surface area (Å²) in [6, 6.07) is 6.03. The number of nitrogens with one attached hydrogen (secondary N) is 2. The highest BCUT2D eigenvalue weighted by atomic mass is 32.1. The molecule has 1 aromatic carbocycles. The fourth-order valence-electron chi connectivity index (χ4n) is 2.29. The number of aromatic nitrogens is 1. The van der Waals surface area contributed by atoms with E-state index in [9.17, 15) is 14.4 Å². The Bertz CT molecular complexity index is 787. The highest BCUT2D eigenvalue weighted by Gasteiger charge is 2.27. The van der Waals surface area contributed by atoms with Crippen molar-refractivity contribution < 1.29 is 14.4 Å². The molecule has 124 valence electrons. The van der Waals surface area contributed by atoms with Crippen molar-refractivity contribution in [2.24, 2.45) is 0 Å². The van der Waals surface area contributed by atoms with E-state index in [1.165, 1.54) is 16.2 Å². The van der Waals surface area contributed by atoms with Crippen molar-refractivity contribution in [1.29, 1.82) is 0 Å².